The maximum absolute atomic E-state index is 11.2. The number of rotatable bonds is 5. The van der Waals surface area contributed by atoms with Crippen molar-refractivity contribution >= 4 is 17.1 Å². The van der Waals surface area contributed by atoms with Gasteiger partial charge in [0.2, 0.25) is 11.6 Å². The Hall–Kier alpha value is -2.96. The second kappa shape index (κ2) is 5.80. The molecule has 0 fully saturated rings. The monoisotopic (exact) mass is 298 g/mol. The minimum atomic E-state index is -1.17. The summed E-state index contributed by atoms with van der Waals surface area (Å²) in [5.41, 5.74) is 1.79. The number of aromatic nitrogens is 4. The standard InChI is InChI=1S/C15H14N4O3/c1-2-22-14-12(15(20)21)17-11-8-16-19(13(11)18-14)9-10-6-4-3-5-7-10/h3-8H,2,9H2,1H3,(H,20,21). The molecule has 1 N–H and O–H groups in total. The zero-order valence-electron chi connectivity index (χ0n) is 11.9. The fraction of sp³-hybridized carbons (Fsp3) is 0.200. The van der Waals surface area contributed by atoms with Gasteiger partial charge in [-0.3, -0.25) is 0 Å². The molecule has 7 nitrogen and oxygen atoms in total. The molecule has 0 bridgehead atoms. The highest BCUT2D eigenvalue weighted by atomic mass is 16.5. The van der Waals surface area contributed by atoms with Crippen LogP contribution >= 0.6 is 0 Å². The molecule has 7 heteroatoms. The average Bonchev–Trinajstić information content (AvgIpc) is 2.90. The lowest BCUT2D eigenvalue weighted by atomic mass is 10.2. The number of ether oxygens (including phenoxy) is 1. The minimum absolute atomic E-state index is 0.0114. The SMILES string of the molecule is CCOc1nc2c(cnn2Cc2ccccc2)nc1C(=O)O. The number of hydrogen-bond donors (Lipinski definition) is 1. The first-order chi connectivity index (χ1) is 10.7. The van der Waals surface area contributed by atoms with E-state index in [1.807, 2.05) is 30.3 Å². The van der Waals surface area contributed by atoms with E-state index in [2.05, 4.69) is 15.1 Å². The lowest BCUT2D eigenvalue weighted by Gasteiger charge is -2.07. The topological polar surface area (TPSA) is 90.1 Å². The molecule has 3 rings (SSSR count). The minimum Gasteiger partial charge on any atom is -0.476 e. The van der Waals surface area contributed by atoms with Crippen LogP contribution in [-0.2, 0) is 6.54 Å². The molecule has 0 aliphatic rings. The molecule has 0 amide bonds. The maximum Gasteiger partial charge on any atom is 0.360 e. The number of benzene rings is 1. The van der Waals surface area contributed by atoms with Crippen LogP contribution in [0, 0.1) is 0 Å². The third-order valence-corrected chi connectivity index (χ3v) is 3.09. The van der Waals surface area contributed by atoms with Crippen molar-refractivity contribution in [2.75, 3.05) is 6.61 Å². The Morgan fingerprint density at radius 1 is 1.27 bits per heavy atom. The number of carboxylic acids is 1. The van der Waals surface area contributed by atoms with Crippen molar-refractivity contribution in [1.82, 2.24) is 19.7 Å². The van der Waals surface area contributed by atoms with E-state index >= 15 is 0 Å². The van der Waals surface area contributed by atoms with Gasteiger partial charge in [-0.1, -0.05) is 30.3 Å². The summed E-state index contributed by atoms with van der Waals surface area (Å²) in [6, 6.07) is 9.80. The highest BCUT2D eigenvalue weighted by Gasteiger charge is 2.19. The Kier molecular flexibility index (Phi) is 3.69. The quantitative estimate of drug-likeness (QED) is 0.774. The van der Waals surface area contributed by atoms with Crippen LogP contribution in [0.5, 0.6) is 5.88 Å². The molecular formula is C15H14N4O3. The number of carbonyl (C=O) groups is 1. The summed E-state index contributed by atoms with van der Waals surface area (Å²) in [7, 11) is 0. The molecule has 112 valence electrons. The predicted molar refractivity (Wildman–Crippen MR) is 79.0 cm³/mol. The van der Waals surface area contributed by atoms with Crippen LogP contribution in [0.1, 0.15) is 23.0 Å². The van der Waals surface area contributed by atoms with E-state index in [1.54, 1.807) is 11.6 Å². The van der Waals surface area contributed by atoms with E-state index in [0.717, 1.165) is 5.56 Å². The Bertz CT molecular complexity index is 814. The van der Waals surface area contributed by atoms with E-state index in [1.165, 1.54) is 6.20 Å². The van der Waals surface area contributed by atoms with Gasteiger partial charge in [0.15, 0.2) is 5.65 Å². The summed E-state index contributed by atoms with van der Waals surface area (Å²) in [5, 5.41) is 13.4. The van der Waals surface area contributed by atoms with Crippen LogP contribution in [0.3, 0.4) is 0 Å². The molecule has 0 spiro atoms. The zero-order chi connectivity index (χ0) is 15.5. The van der Waals surface area contributed by atoms with Crippen molar-refractivity contribution in [2.45, 2.75) is 13.5 Å². The van der Waals surface area contributed by atoms with Crippen molar-refractivity contribution in [2.24, 2.45) is 0 Å². The first-order valence-electron chi connectivity index (χ1n) is 6.82. The Balaban J connectivity index is 2.06. The lowest BCUT2D eigenvalue weighted by Crippen LogP contribution is -2.09. The van der Waals surface area contributed by atoms with Gasteiger partial charge in [-0.25, -0.2) is 14.5 Å². The largest absolute Gasteiger partial charge is 0.476 e. The summed E-state index contributed by atoms with van der Waals surface area (Å²) in [6.07, 6.45) is 1.51. The fourth-order valence-electron chi connectivity index (χ4n) is 2.13. The van der Waals surface area contributed by atoms with E-state index in [0.29, 0.717) is 24.3 Å². The molecule has 0 saturated carbocycles. The normalized spacial score (nSPS) is 10.8. The third-order valence-electron chi connectivity index (χ3n) is 3.09. The van der Waals surface area contributed by atoms with Gasteiger partial charge in [0.1, 0.15) is 5.52 Å². The first-order valence-corrected chi connectivity index (χ1v) is 6.82. The van der Waals surface area contributed by atoms with Crippen molar-refractivity contribution in [3.05, 3.63) is 47.8 Å². The van der Waals surface area contributed by atoms with Crippen molar-refractivity contribution in [3.8, 4) is 5.88 Å². The number of hydrogen-bond acceptors (Lipinski definition) is 5. The van der Waals surface area contributed by atoms with Gasteiger partial charge in [-0.15, -0.1) is 0 Å². The lowest BCUT2D eigenvalue weighted by molar-refractivity contribution is 0.0685. The van der Waals surface area contributed by atoms with E-state index < -0.39 is 5.97 Å². The van der Waals surface area contributed by atoms with Crippen LogP contribution in [-0.4, -0.2) is 37.4 Å². The van der Waals surface area contributed by atoms with Crippen LogP contribution in [0.2, 0.25) is 0 Å². The van der Waals surface area contributed by atoms with Crippen molar-refractivity contribution in [1.29, 1.82) is 0 Å². The first kappa shape index (κ1) is 14.0. The Morgan fingerprint density at radius 3 is 2.73 bits per heavy atom. The summed E-state index contributed by atoms with van der Waals surface area (Å²) < 4.78 is 6.96. The second-order valence-corrected chi connectivity index (χ2v) is 4.61. The summed E-state index contributed by atoms with van der Waals surface area (Å²) in [6.45, 7) is 2.60. The van der Waals surface area contributed by atoms with Gasteiger partial charge in [0.05, 0.1) is 19.3 Å². The molecular weight excluding hydrogens is 284 g/mol. The third kappa shape index (κ3) is 2.60. The zero-order valence-corrected chi connectivity index (χ0v) is 11.9. The number of aromatic carboxylic acids is 1. The van der Waals surface area contributed by atoms with Gasteiger partial charge in [-0.2, -0.15) is 10.1 Å². The van der Waals surface area contributed by atoms with E-state index in [-0.39, 0.29) is 11.6 Å². The Morgan fingerprint density at radius 2 is 2.05 bits per heavy atom. The fourth-order valence-corrected chi connectivity index (χ4v) is 2.13. The average molecular weight is 298 g/mol. The predicted octanol–water partition coefficient (Wildman–Crippen LogP) is 1.97. The number of carboxylic acid groups (broad SMARTS) is 1. The maximum atomic E-state index is 11.2. The van der Waals surface area contributed by atoms with Crippen LogP contribution in [0.4, 0.5) is 0 Å². The molecule has 0 aliphatic carbocycles. The molecule has 0 saturated heterocycles. The van der Waals surface area contributed by atoms with Crippen LogP contribution in [0.15, 0.2) is 36.5 Å². The highest BCUT2D eigenvalue weighted by Crippen LogP contribution is 2.19. The highest BCUT2D eigenvalue weighted by molar-refractivity contribution is 5.90. The van der Waals surface area contributed by atoms with Gasteiger partial charge in [0, 0.05) is 0 Å². The smallest absolute Gasteiger partial charge is 0.360 e. The summed E-state index contributed by atoms with van der Waals surface area (Å²) >= 11 is 0. The molecule has 2 heterocycles. The van der Waals surface area contributed by atoms with Crippen LogP contribution in [0.25, 0.3) is 11.2 Å². The van der Waals surface area contributed by atoms with Crippen LogP contribution < -0.4 is 4.74 Å². The number of fused-ring (bicyclic) bond motifs is 1. The molecule has 3 aromatic rings. The van der Waals surface area contributed by atoms with Gasteiger partial charge >= 0.3 is 5.97 Å². The number of nitrogens with zero attached hydrogens (tertiary/aromatic N) is 4. The molecule has 0 unspecified atom stereocenters. The van der Waals surface area contributed by atoms with Crippen molar-refractivity contribution in [3.63, 3.8) is 0 Å². The summed E-state index contributed by atoms with van der Waals surface area (Å²) in [4.78, 5) is 19.6. The van der Waals surface area contributed by atoms with Crippen molar-refractivity contribution < 1.29 is 14.6 Å². The molecule has 1 aromatic carbocycles. The summed E-state index contributed by atoms with van der Waals surface area (Å²) in [5.74, 6) is -1.16. The van der Waals surface area contributed by atoms with Gasteiger partial charge < -0.3 is 9.84 Å². The van der Waals surface area contributed by atoms with E-state index in [4.69, 9.17) is 4.74 Å². The van der Waals surface area contributed by atoms with Gasteiger partial charge in [0.25, 0.3) is 0 Å². The molecule has 0 aliphatic heterocycles. The Labute approximate surface area is 126 Å². The second-order valence-electron chi connectivity index (χ2n) is 4.61. The molecule has 0 atom stereocenters. The molecule has 22 heavy (non-hydrogen) atoms. The van der Waals surface area contributed by atoms with E-state index in [9.17, 15) is 9.90 Å². The molecule has 0 radical (unpaired) electrons. The van der Waals surface area contributed by atoms with Gasteiger partial charge in [-0.05, 0) is 12.5 Å². The molecule has 2 aromatic heterocycles.